The van der Waals surface area contributed by atoms with Crippen molar-refractivity contribution in [1.82, 2.24) is 10.6 Å². The molecule has 0 heterocycles. The van der Waals surface area contributed by atoms with Gasteiger partial charge in [-0.15, -0.1) is 0 Å². The number of carbonyl (C=O) groups excluding carboxylic acids is 1. The van der Waals surface area contributed by atoms with E-state index in [9.17, 15) is 4.79 Å². The van der Waals surface area contributed by atoms with E-state index < -0.39 is 0 Å². The summed E-state index contributed by atoms with van der Waals surface area (Å²) < 4.78 is 5.55. The second-order valence-electron chi connectivity index (χ2n) is 5.06. The molecule has 0 spiro atoms. The second-order valence-corrected chi connectivity index (χ2v) is 5.06. The Morgan fingerprint density at radius 3 is 2.95 bits per heavy atom. The SMILES string of the molecule is C=CCOc1ccccc1CNC(=O)CNCC1CC1. The van der Waals surface area contributed by atoms with Gasteiger partial charge in [0.25, 0.3) is 0 Å². The molecule has 1 amide bonds. The third-order valence-corrected chi connectivity index (χ3v) is 3.22. The first-order chi connectivity index (χ1) is 9.79. The lowest BCUT2D eigenvalue weighted by Gasteiger charge is -2.11. The predicted molar refractivity (Wildman–Crippen MR) is 79.6 cm³/mol. The molecule has 0 aromatic heterocycles. The van der Waals surface area contributed by atoms with Crippen molar-refractivity contribution in [2.75, 3.05) is 19.7 Å². The molecule has 0 atom stereocenters. The van der Waals surface area contributed by atoms with Gasteiger partial charge in [-0.05, 0) is 31.4 Å². The minimum absolute atomic E-state index is 0.0178. The zero-order valence-electron chi connectivity index (χ0n) is 11.7. The van der Waals surface area contributed by atoms with Crippen LogP contribution in [0.2, 0.25) is 0 Å². The Morgan fingerprint density at radius 2 is 2.20 bits per heavy atom. The summed E-state index contributed by atoms with van der Waals surface area (Å²) in [5.41, 5.74) is 0.977. The molecule has 0 unspecified atom stereocenters. The maximum atomic E-state index is 11.7. The van der Waals surface area contributed by atoms with E-state index in [-0.39, 0.29) is 5.91 Å². The molecule has 1 aromatic rings. The number of hydrogen-bond acceptors (Lipinski definition) is 3. The van der Waals surface area contributed by atoms with E-state index in [2.05, 4.69) is 17.2 Å². The molecule has 1 aliphatic carbocycles. The summed E-state index contributed by atoms with van der Waals surface area (Å²) in [4.78, 5) is 11.7. The lowest BCUT2D eigenvalue weighted by Crippen LogP contribution is -2.34. The van der Waals surface area contributed by atoms with Gasteiger partial charge in [-0.2, -0.15) is 0 Å². The van der Waals surface area contributed by atoms with Gasteiger partial charge in [0.2, 0.25) is 5.91 Å². The van der Waals surface area contributed by atoms with Gasteiger partial charge in [0.1, 0.15) is 12.4 Å². The highest BCUT2D eigenvalue weighted by atomic mass is 16.5. The molecule has 1 aliphatic rings. The average Bonchev–Trinajstić information content (AvgIpc) is 3.28. The van der Waals surface area contributed by atoms with E-state index in [1.54, 1.807) is 6.08 Å². The third-order valence-electron chi connectivity index (χ3n) is 3.22. The van der Waals surface area contributed by atoms with Gasteiger partial charge in [0.05, 0.1) is 6.54 Å². The number of rotatable bonds is 9. The van der Waals surface area contributed by atoms with Crippen LogP contribution in [0.1, 0.15) is 18.4 Å². The molecule has 0 radical (unpaired) electrons. The van der Waals surface area contributed by atoms with Crippen LogP contribution in [0, 0.1) is 5.92 Å². The topological polar surface area (TPSA) is 50.4 Å². The lowest BCUT2D eigenvalue weighted by atomic mass is 10.2. The standard InChI is InChI=1S/C16H22N2O2/c1-2-9-20-15-6-4-3-5-14(15)11-18-16(19)12-17-10-13-7-8-13/h2-6,13,17H,1,7-12H2,(H,18,19). The van der Waals surface area contributed by atoms with Gasteiger partial charge in [-0.1, -0.05) is 30.9 Å². The van der Waals surface area contributed by atoms with Crippen LogP contribution in [-0.4, -0.2) is 25.6 Å². The molecular formula is C16H22N2O2. The highest BCUT2D eigenvalue weighted by Crippen LogP contribution is 2.27. The minimum atomic E-state index is 0.0178. The molecule has 2 rings (SSSR count). The number of benzene rings is 1. The average molecular weight is 274 g/mol. The van der Waals surface area contributed by atoms with Crippen molar-refractivity contribution in [2.45, 2.75) is 19.4 Å². The zero-order chi connectivity index (χ0) is 14.2. The minimum Gasteiger partial charge on any atom is -0.489 e. The summed E-state index contributed by atoms with van der Waals surface area (Å²) in [6.07, 6.45) is 4.29. The second kappa shape index (κ2) is 7.70. The Balaban J connectivity index is 1.73. The summed E-state index contributed by atoms with van der Waals surface area (Å²) >= 11 is 0. The molecule has 2 N–H and O–H groups in total. The van der Waals surface area contributed by atoms with Crippen LogP contribution in [0.15, 0.2) is 36.9 Å². The Hall–Kier alpha value is -1.81. The van der Waals surface area contributed by atoms with Crippen LogP contribution in [-0.2, 0) is 11.3 Å². The van der Waals surface area contributed by atoms with E-state index in [0.29, 0.717) is 19.7 Å². The van der Waals surface area contributed by atoms with E-state index >= 15 is 0 Å². The van der Waals surface area contributed by atoms with Crippen molar-refractivity contribution in [3.05, 3.63) is 42.5 Å². The molecule has 0 saturated heterocycles. The number of ether oxygens (including phenoxy) is 1. The summed E-state index contributed by atoms with van der Waals surface area (Å²) in [5.74, 6) is 1.60. The van der Waals surface area contributed by atoms with Crippen molar-refractivity contribution in [1.29, 1.82) is 0 Å². The first-order valence-corrected chi connectivity index (χ1v) is 7.08. The number of hydrogen-bond donors (Lipinski definition) is 2. The Labute approximate surface area is 120 Å². The van der Waals surface area contributed by atoms with Crippen LogP contribution in [0.5, 0.6) is 5.75 Å². The van der Waals surface area contributed by atoms with Crippen LogP contribution in [0.4, 0.5) is 0 Å². The van der Waals surface area contributed by atoms with Crippen LogP contribution in [0.25, 0.3) is 0 Å². The number of nitrogens with one attached hydrogen (secondary N) is 2. The Morgan fingerprint density at radius 1 is 1.40 bits per heavy atom. The first kappa shape index (κ1) is 14.6. The normalized spacial score (nSPS) is 13.8. The fourth-order valence-electron chi connectivity index (χ4n) is 1.91. The Kier molecular flexibility index (Phi) is 5.62. The van der Waals surface area contributed by atoms with Crippen molar-refractivity contribution in [2.24, 2.45) is 5.92 Å². The smallest absolute Gasteiger partial charge is 0.234 e. The highest BCUT2D eigenvalue weighted by Gasteiger charge is 2.20. The van der Waals surface area contributed by atoms with Crippen molar-refractivity contribution < 1.29 is 9.53 Å². The third kappa shape index (κ3) is 5.05. The summed E-state index contributed by atoms with van der Waals surface area (Å²) in [6.45, 7) is 5.91. The number of carbonyl (C=O) groups is 1. The zero-order valence-corrected chi connectivity index (χ0v) is 11.7. The summed E-state index contributed by atoms with van der Waals surface area (Å²) in [6, 6.07) is 7.71. The molecule has 1 saturated carbocycles. The molecule has 4 nitrogen and oxygen atoms in total. The van der Waals surface area contributed by atoms with Gasteiger partial charge >= 0.3 is 0 Å². The van der Waals surface area contributed by atoms with E-state index in [1.807, 2.05) is 24.3 Å². The highest BCUT2D eigenvalue weighted by molar-refractivity contribution is 5.78. The molecule has 108 valence electrons. The van der Waals surface area contributed by atoms with E-state index in [0.717, 1.165) is 23.8 Å². The van der Waals surface area contributed by atoms with Crippen LogP contribution in [0.3, 0.4) is 0 Å². The largest absolute Gasteiger partial charge is 0.489 e. The fraction of sp³-hybridized carbons (Fsp3) is 0.438. The monoisotopic (exact) mass is 274 g/mol. The summed E-state index contributed by atoms with van der Waals surface area (Å²) in [5, 5.41) is 6.08. The molecule has 4 heteroatoms. The van der Waals surface area contributed by atoms with Crippen molar-refractivity contribution >= 4 is 5.91 Å². The van der Waals surface area contributed by atoms with Gasteiger partial charge in [0.15, 0.2) is 0 Å². The quantitative estimate of drug-likeness (QED) is 0.676. The van der Waals surface area contributed by atoms with Gasteiger partial charge in [0, 0.05) is 12.1 Å². The first-order valence-electron chi connectivity index (χ1n) is 7.08. The van der Waals surface area contributed by atoms with Gasteiger partial charge < -0.3 is 15.4 Å². The number of amides is 1. The predicted octanol–water partition coefficient (Wildman–Crippen LogP) is 1.87. The number of para-hydroxylation sites is 1. The lowest BCUT2D eigenvalue weighted by molar-refractivity contribution is -0.120. The summed E-state index contributed by atoms with van der Waals surface area (Å²) in [7, 11) is 0. The van der Waals surface area contributed by atoms with Crippen molar-refractivity contribution in [3.8, 4) is 5.75 Å². The maximum absolute atomic E-state index is 11.7. The van der Waals surface area contributed by atoms with E-state index in [4.69, 9.17) is 4.74 Å². The van der Waals surface area contributed by atoms with Crippen molar-refractivity contribution in [3.63, 3.8) is 0 Å². The molecule has 20 heavy (non-hydrogen) atoms. The molecule has 1 fully saturated rings. The molecule has 0 bridgehead atoms. The molecular weight excluding hydrogens is 252 g/mol. The molecule has 0 aliphatic heterocycles. The van der Waals surface area contributed by atoms with E-state index in [1.165, 1.54) is 12.8 Å². The van der Waals surface area contributed by atoms with Crippen LogP contribution < -0.4 is 15.4 Å². The fourth-order valence-corrected chi connectivity index (χ4v) is 1.91. The maximum Gasteiger partial charge on any atom is 0.234 e. The van der Waals surface area contributed by atoms with Gasteiger partial charge in [-0.25, -0.2) is 0 Å². The Bertz CT molecular complexity index is 456. The van der Waals surface area contributed by atoms with Gasteiger partial charge in [-0.3, -0.25) is 4.79 Å². The van der Waals surface area contributed by atoms with Crippen LogP contribution >= 0.6 is 0 Å². The molecule has 1 aromatic carbocycles.